The molecule has 2 rings (SSSR count). The molecular weight excluding hydrogens is 316 g/mol. The number of hydrogen-bond donors (Lipinski definition) is 1. The van der Waals surface area contributed by atoms with Crippen LogP contribution in [-0.2, 0) is 13.0 Å². The summed E-state index contributed by atoms with van der Waals surface area (Å²) in [6.07, 6.45) is 1.00. The number of aromatic nitrogens is 1. The van der Waals surface area contributed by atoms with Crippen molar-refractivity contribution in [3.05, 3.63) is 50.5 Å². The number of nitrogens with zero attached hydrogens (tertiary/aromatic N) is 3. The Bertz CT molecular complexity index is 695. The molecule has 0 amide bonds. The monoisotopic (exact) mass is 344 g/mol. The van der Waals surface area contributed by atoms with E-state index in [1.54, 1.807) is 11.3 Å². The molecule has 0 fully saturated rings. The number of thiazole rings is 1. The Morgan fingerprint density at radius 2 is 1.88 bits per heavy atom. The van der Waals surface area contributed by atoms with Crippen LogP contribution >= 0.6 is 11.3 Å². The molecule has 1 heterocycles. The first-order valence-corrected chi connectivity index (χ1v) is 9.18. The van der Waals surface area contributed by atoms with E-state index >= 15 is 0 Å². The van der Waals surface area contributed by atoms with Gasteiger partial charge in [0.05, 0.1) is 17.2 Å². The Balaban J connectivity index is 1.92. The predicted octanol–water partition coefficient (Wildman–Crippen LogP) is 3.63. The van der Waals surface area contributed by atoms with Gasteiger partial charge in [0.15, 0.2) is 5.96 Å². The third-order valence-electron chi connectivity index (χ3n) is 4.14. The topological polar surface area (TPSA) is 40.5 Å². The van der Waals surface area contributed by atoms with Crippen LogP contribution in [0.25, 0.3) is 0 Å². The fourth-order valence-corrected chi connectivity index (χ4v) is 3.69. The van der Waals surface area contributed by atoms with E-state index in [9.17, 15) is 0 Å². The molecule has 0 unspecified atom stereocenters. The maximum Gasteiger partial charge on any atom is 0.193 e. The molecule has 2 aromatic rings. The number of hydrogen-bond acceptors (Lipinski definition) is 3. The zero-order valence-electron chi connectivity index (χ0n) is 15.6. The van der Waals surface area contributed by atoms with Crippen LogP contribution in [0.4, 0.5) is 0 Å². The molecule has 0 aliphatic carbocycles. The van der Waals surface area contributed by atoms with Crippen LogP contribution in [0.15, 0.2) is 22.5 Å². The van der Waals surface area contributed by atoms with E-state index in [0.29, 0.717) is 0 Å². The predicted molar refractivity (Wildman–Crippen MR) is 104 cm³/mol. The molecule has 0 atom stereocenters. The number of nitrogens with one attached hydrogen (secondary N) is 1. The van der Waals surface area contributed by atoms with Crippen molar-refractivity contribution in [1.82, 2.24) is 15.2 Å². The van der Waals surface area contributed by atoms with E-state index in [2.05, 4.69) is 58.5 Å². The summed E-state index contributed by atoms with van der Waals surface area (Å²) in [4.78, 5) is 11.0. The minimum Gasteiger partial charge on any atom is -0.356 e. The highest BCUT2D eigenvalue weighted by atomic mass is 32.1. The van der Waals surface area contributed by atoms with Crippen LogP contribution < -0.4 is 5.32 Å². The van der Waals surface area contributed by atoms with Gasteiger partial charge in [0.1, 0.15) is 0 Å². The maximum absolute atomic E-state index is 4.52. The van der Waals surface area contributed by atoms with Crippen molar-refractivity contribution in [3.63, 3.8) is 0 Å². The summed E-state index contributed by atoms with van der Waals surface area (Å²) in [6, 6.07) is 4.52. The lowest BCUT2D eigenvalue weighted by molar-refractivity contribution is 0.471. The van der Waals surface area contributed by atoms with Gasteiger partial charge in [0.25, 0.3) is 0 Å². The Labute approximate surface area is 149 Å². The smallest absolute Gasteiger partial charge is 0.193 e. The lowest BCUT2D eigenvalue weighted by Gasteiger charge is -2.21. The summed E-state index contributed by atoms with van der Waals surface area (Å²) in [5.74, 6) is 0.906. The molecule has 24 heavy (non-hydrogen) atoms. The van der Waals surface area contributed by atoms with E-state index in [4.69, 9.17) is 0 Å². The largest absolute Gasteiger partial charge is 0.356 e. The van der Waals surface area contributed by atoms with Crippen LogP contribution in [0, 0.1) is 27.7 Å². The van der Waals surface area contributed by atoms with Gasteiger partial charge in [-0.1, -0.05) is 17.7 Å². The Morgan fingerprint density at radius 3 is 2.42 bits per heavy atom. The summed E-state index contributed by atoms with van der Waals surface area (Å²) in [5.41, 5.74) is 6.59. The number of aryl methyl sites for hydroxylation is 4. The van der Waals surface area contributed by atoms with Gasteiger partial charge in [0, 0.05) is 26.0 Å². The molecule has 0 radical (unpaired) electrons. The summed E-state index contributed by atoms with van der Waals surface area (Å²) in [7, 11) is 3.87. The maximum atomic E-state index is 4.52. The lowest BCUT2D eigenvalue weighted by Crippen LogP contribution is -2.39. The molecule has 1 N–H and O–H groups in total. The van der Waals surface area contributed by atoms with Crippen molar-refractivity contribution in [1.29, 1.82) is 0 Å². The van der Waals surface area contributed by atoms with E-state index < -0.39 is 0 Å². The first-order chi connectivity index (χ1) is 11.4. The number of aliphatic imine (C=N–C) groups is 1. The van der Waals surface area contributed by atoms with Gasteiger partial charge < -0.3 is 10.2 Å². The van der Waals surface area contributed by atoms with Crippen molar-refractivity contribution in [2.45, 2.75) is 40.7 Å². The highest BCUT2D eigenvalue weighted by Gasteiger charge is 2.09. The van der Waals surface area contributed by atoms with Crippen LogP contribution in [0.3, 0.4) is 0 Å². The molecule has 0 saturated carbocycles. The lowest BCUT2D eigenvalue weighted by atomic mass is 9.97. The zero-order chi connectivity index (χ0) is 17.7. The molecule has 4 nitrogen and oxygen atoms in total. The summed E-state index contributed by atoms with van der Waals surface area (Å²) >= 11 is 1.69. The van der Waals surface area contributed by atoms with Gasteiger partial charge in [-0.25, -0.2) is 4.98 Å². The van der Waals surface area contributed by atoms with Crippen LogP contribution in [0.2, 0.25) is 0 Å². The molecule has 1 aromatic heterocycles. The van der Waals surface area contributed by atoms with Gasteiger partial charge in [0.2, 0.25) is 0 Å². The minimum absolute atomic E-state index is 0.770. The summed E-state index contributed by atoms with van der Waals surface area (Å²) in [6.45, 7) is 10.2. The highest BCUT2D eigenvalue weighted by molar-refractivity contribution is 7.09. The van der Waals surface area contributed by atoms with Crippen molar-refractivity contribution in [2.24, 2.45) is 4.99 Å². The molecule has 0 saturated heterocycles. The molecule has 130 valence electrons. The average molecular weight is 345 g/mol. The number of rotatable bonds is 5. The highest BCUT2D eigenvalue weighted by Crippen LogP contribution is 2.16. The van der Waals surface area contributed by atoms with Crippen molar-refractivity contribution >= 4 is 17.3 Å². The minimum atomic E-state index is 0.770. The average Bonchev–Trinajstić information content (AvgIpc) is 2.90. The van der Waals surface area contributed by atoms with Gasteiger partial charge >= 0.3 is 0 Å². The normalized spacial score (nSPS) is 11.7. The van der Waals surface area contributed by atoms with Crippen molar-refractivity contribution in [3.8, 4) is 0 Å². The third-order valence-corrected chi connectivity index (χ3v) is 4.96. The van der Waals surface area contributed by atoms with E-state index in [1.165, 1.54) is 22.3 Å². The Hall–Kier alpha value is -1.88. The van der Waals surface area contributed by atoms with Gasteiger partial charge in [-0.3, -0.25) is 4.99 Å². The van der Waals surface area contributed by atoms with Crippen LogP contribution in [0.1, 0.15) is 33.0 Å². The molecule has 0 spiro atoms. The third kappa shape index (κ3) is 4.81. The van der Waals surface area contributed by atoms with E-state index in [-0.39, 0.29) is 0 Å². The van der Waals surface area contributed by atoms with Crippen LogP contribution in [-0.4, -0.2) is 36.5 Å². The second-order valence-corrected chi connectivity index (χ2v) is 7.38. The first-order valence-electron chi connectivity index (χ1n) is 8.30. The molecule has 5 heteroatoms. The fraction of sp³-hybridized carbons (Fsp3) is 0.474. The fourth-order valence-electron chi connectivity index (χ4n) is 3.09. The van der Waals surface area contributed by atoms with Gasteiger partial charge in [-0.15, -0.1) is 11.3 Å². The van der Waals surface area contributed by atoms with E-state index in [1.807, 2.05) is 21.0 Å². The molecule has 0 aliphatic heterocycles. The standard InChI is InChI=1S/C19H28N4S/c1-13-9-14(2)18(15(3)10-13)7-8-21-19(20-5)23(6)11-17-12-24-16(4)22-17/h9-10,12H,7-8,11H2,1-6H3,(H,20,21). The molecular formula is C19H28N4S. The van der Waals surface area contributed by atoms with E-state index in [0.717, 1.165) is 36.2 Å². The first kappa shape index (κ1) is 18.5. The Morgan fingerprint density at radius 1 is 1.21 bits per heavy atom. The molecule has 0 bridgehead atoms. The van der Waals surface area contributed by atoms with Gasteiger partial charge in [-0.2, -0.15) is 0 Å². The van der Waals surface area contributed by atoms with Gasteiger partial charge in [-0.05, 0) is 50.8 Å². The SMILES string of the molecule is CN=C(NCCc1c(C)cc(C)cc1C)N(C)Cc1csc(C)n1. The summed E-state index contributed by atoms with van der Waals surface area (Å²) in [5, 5.41) is 6.68. The second-order valence-electron chi connectivity index (χ2n) is 6.32. The molecule has 1 aromatic carbocycles. The van der Waals surface area contributed by atoms with Crippen molar-refractivity contribution < 1.29 is 0 Å². The second kappa shape index (κ2) is 8.29. The number of guanidine groups is 1. The molecule has 0 aliphatic rings. The zero-order valence-corrected chi connectivity index (χ0v) is 16.4. The van der Waals surface area contributed by atoms with Crippen molar-refractivity contribution in [2.75, 3.05) is 20.6 Å². The quantitative estimate of drug-likeness (QED) is 0.665. The number of benzene rings is 1. The Kier molecular flexibility index (Phi) is 6.37. The van der Waals surface area contributed by atoms with Crippen LogP contribution in [0.5, 0.6) is 0 Å². The summed E-state index contributed by atoms with van der Waals surface area (Å²) < 4.78 is 0.